The van der Waals surface area contributed by atoms with Gasteiger partial charge in [0.25, 0.3) is 5.91 Å². The molecule has 0 aromatic heterocycles. The minimum atomic E-state index is 0.0947. The van der Waals surface area contributed by atoms with E-state index in [1.54, 1.807) is 0 Å². The van der Waals surface area contributed by atoms with Crippen molar-refractivity contribution >= 4 is 17.5 Å². The molecule has 1 saturated heterocycles. The van der Waals surface area contributed by atoms with Gasteiger partial charge in [0.15, 0.2) is 0 Å². The number of benzene rings is 2. The minimum Gasteiger partial charge on any atom is -0.336 e. The minimum absolute atomic E-state index is 0.0947. The van der Waals surface area contributed by atoms with Crippen molar-refractivity contribution in [2.45, 2.75) is 12.0 Å². The van der Waals surface area contributed by atoms with Gasteiger partial charge in [-0.3, -0.25) is 4.79 Å². The Morgan fingerprint density at radius 2 is 1.77 bits per heavy atom. The van der Waals surface area contributed by atoms with E-state index in [-0.39, 0.29) is 17.9 Å². The van der Waals surface area contributed by atoms with Gasteiger partial charge in [-0.05, 0) is 36.9 Å². The van der Waals surface area contributed by atoms with Crippen LogP contribution < -0.4 is 5.32 Å². The summed E-state index contributed by atoms with van der Waals surface area (Å²) in [6, 6.07) is 17.6. The molecule has 1 aliphatic rings. The molecule has 3 rings (SSSR count). The average Bonchev–Trinajstić information content (AvgIpc) is 3.00. The van der Waals surface area contributed by atoms with Crippen LogP contribution in [-0.2, 0) is 0 Å². The number of carbonyl (C=O) groups excluding carboxylic acids is 1. The number of likely N-dealkylation sites (tertiary alicyclic amines) is 1. The summed E-state index contributed by atoms with van der Waals surface area (Å²) in [5.41, 5.74) is 1.96. The van der Waals surface area contributed by atoms with Gasteiger partial charge in [-0.15, -0.1) is 0 Å². The van der Waals surface area contributed by atoms with Crippen molar-refractivity contribution in [3.8, 4) is 0 Å². The largest absolute Gasteiger partial charge is 0.336 e. The monoisotopic (exact) mass is 314 g/mol. The number of nitrogens with zero attached hydrogens (tertiary/aromatic N) is 1. The summed E-state index contributed by atoms with van der Waals surface area (Å²) in [7, 11) is 1.95. The first-order valence-electron chi connectivity index (χ1n) is 7.46. The van der Waals surface area contributed by atoms with Crippen molar-refractivity contribution < 1.29 is 4.79 Å². The summed E-state index contributed by atoms with van der Waals surface area (Å²) < 4.78 is 0. The third kappa shape index (κ3) is 3.01. The number of halogens is 1. The lowest BCUT2D eigenvalue weighted by atomic mass is 9.94. The molecule has 2 aromatic carbocycles. The molecule has 0 spiro atoms. The zero-order chi connectivity index (χ0) is 15.5. The maximum Gasteiger partial charge on any atom is 0.253 e. The van der Waals surface area contributed by atoms with Crippen LogP contribution in [0.25, 0.3) is 0 Å². The van der Waals surface area contributed by atoms with Crippen molar-refractivity contribution in [3.63, 3.8) is 0 Å². The van der Waals surface area contributed by atoms with Crippen molar-refractivity contribution in [2.24, 2.45) is 0 Å². The van der Waals surface area contributed by atoms with E-state index >= 15 is 0 Å². The molecule has 0 aliphatic carbocycles. The first-order chi connectivity index (χ1) is 10.7. The maximum atomic E-state index is 12.6. The molecule has 114 valence electrons. The molecular formula is C18H19ClN2O. The highest BCUT2D eigenvalue weighted by Crippen LogP contribution is 2.29. The number of likely N-dealkylation sites (N-methyl/N-ethyl adjacent to an activating group) is 1. The molecule has 1 heterocycles. The number of nitrogens with one attached hydrogen (secondary N) is 1. The summed E-state index contributed by atoms with van der Waals surface area (Å²) in [5.74, 6) is 0.382. The highest BCUT2D eigenvalue weighted by molar-refractivity contribution is 6.30. The summed E-state index contributed by atoms with van der Waals surface area (Å²) in [4.78, 5) is 14.5. The zero-order valence-corrected chi connectivity index (χ0v) is 13.3. The molecule has 0 unspecified atom stereocenters. The first kappa shape index (κ1) is 15.1. The van der Waals surface area contributed by atoms with E-state index in [1.165, 1.54) is 5.56 Å². The SMILES string of the molecule is CN[C@@H]1CN(C(=O)c2ccccc2)C[C@@H]1c1ccc(Cl)cc1. The van der Waals surface area contributed by atoms with E-state index in [4.69, 9.17) is 11.6 Å². The predicted molar refractivity (Wildman–Crippen MR) is 89.4 cm³/mol. The van der Waals surface area contributed by atoms with Crippen LogP contribution in [0.3, 0.4) is 0 Å². The van der Waals surface area contributed by atoms with Gasteiger partial charge in [0.05, 0.1) is 0 Å². The molecule has 0 radical (unpaired) electrons. The Hall–Kier alpha value is -1.84. The predicted octanol–water partition coefficient (Wildman–Crippen LogP) is 3.17. The Morgan fingerprint density at radius 3 is 2.41 bits per heavy atom. The summed E-state index contributed by atoms with van der Waals surface area (Å²) in [6.45, 7) is 1.44. The van der Waals surface area contributed by atoms with Gasteiger partial charge in [-0.1, -0.05) is 41.9 Å². The number of rotatable bonds is 3. The number of hydrogen-bond donors (Lipinski definition) is 1. The van der Waals surface area contributed by atoms with Crippen molar-refractivity contribution in [3.05, 3.63) is 70.7 Å². The summed E-state index contributed by atoms with van der Waals surface area (Å²) in [6.07, 6.45) is 0. The van der Waals surface area contributed by atoms with E-state index in [0.717, 1.165) is 23.7 Å². The molecule has 0 bridgehead atoms. The van der Waals surface area contributed by atoms with Crippen molar-refractivity contribution in [2.75, 3.05) is 20.1 Å². The third-order valence-electron chi connectivity index (χ3n) is 4.30. The summed E-state index contributed by atoms with van der Waals surface area (Å²) >= 11 is 5.97. The van der Waals surface area contributed by atoms with Crippen LogP contribution in [0.1, 0.15) is 21.8 Å². The lowest BCUT2D eigenvalue weighted by molar-refractivity contribution is 0.0788. The van der Waals surface area contributed by atoms with E-state index in [2.05, 4.69) is 5.32 Å². The molecule has 2 atom stereocenters. The molecule has 3 nitrogen and oxygen atoms in total. The Balaban J connectivity index is 1.80. The molecule has 2 aromatic rings. The molecule has 22 heavy (non-hydrogen) atoms. The lowest BCUT2D eigenvalue weighted by Gasteiger charge is -2.17. The van der Waals surface area contributed by atoms with E-state index in [9.17, 15) is 4.79 Å². The fraction of sp³-hybridized carbons (Fsp3) is 0.278. The molecule has 4 heteroatoms. The van der Waals surface area contributed by atoms with Gasteiger partial charge in [-0.2, -0.15) is 0 Å². The lowest BCUT2D eigenvalue weighted by Crippen LogP contribution is -2.34. The Bertz CT molecular complexity index is 642. The molecular weight excluding hydrogens is 296 g/mol. The van der Waals surface area contributed by atoms with Gasteiger partial charge in [0.2, 0.25) is 0 Å². The molecule has 1 amide bonds. The van der Waals surface area contributed by atoms with Gasteiger partial charge in [0, 0.05) is 35.6 Å². The standard InChI is InChI=1S/C18H19ClN2O/c1-20-17-12-21(18(22)14-5-3-2-4-6-14)11-16(17)13-7-9-15(19)10-8-13/h2-10,16-17,20H,11-12H2,1H3/t16-,17-/m1/s1. The molecule has 1 aliphatic heterocycles. The quantitative estimate of drug-likeness (QED) is 0.944. The van der Waals surface area contributed by atoms with Gasteiger partial charge < -0.3 is 10.2 Å². The number of amides is 1. The molecule has 0 saturated carbocycles. The van der Waals surface area contributed by atoms with Gasteiger partial charge >= 0.3 is 0 Å². The molecule has 1 N–H and O–H groups in total. The highest BCUT2D eigenvalue weighted by Gasteiger charge is 2.35. The third-order valence-corrected chi connectivity index (χ3v) is 4.55. The van der Waals surface area contributed by atoms with Crippen molar-refractivity contribution in [1.82, 2.24) is 10.2 Å². The van der Waals surface area contributed by atoms with Crippen LogP contribution in [0.15, 0.2) is 54.6 Å². The second-order valence-electron chi connectivity index (χ2n) is 5.63. The number of carbonyl (C=O) groups is 1. The summed E-state index contributed by atoms with van der Waals surface area (Å²) in [5, 5.41) is 4.07. The highest BCUT2D eigenvalue weighted by atomic mass is 35.5. The fourth-order valence-electron chi connectivity index (χ4n) is 3.07. The Labute approximate surface area is 135 Å². The Morgan fingerprint density at radius 1 is 1.09 bits per heavy atom. The van der Waals surface area contributed by atoms with Crippen LogP contribution in [0.5, 0.6) is 0 Å². The second kappa shape index (κ2) is 6.51. The normalized spacial score (nSPS) is 21.1. The first-order valence-corrected chi connectivity index (χ1v) is 7.84. The second-order valence-corrected chi connectivity index (χ2v) is 6.07. The fourth-order valence-corrected chi connectivity index (χ4v) is 3.20. The topological polar surface area (TPSA) is 32.3 Å². The van der Waals surface area contributed by atoms with Crippen LogP contribution in [0, 0.1) is 0 Å². The van der Waals surface area contributed by atoms with Gasteiger partial charge in [0.1, 0.15) is 0 Å². The average molecular weight is 315 g/mol. The van der Waals surface area contributed by atoms with Crippen LogP contribution in [0.2, 0.25) is 5.02 Å². The zero-order valence-electron chi connectivity index (χ0n) is 12.5. The molecule has 1 fully saturated rings. The van der Waals surface area contributed by atoms with Gasteiger partial charge in [-0.25, -0.2) is 0 Å². The van der Waals surface area contributed by atoms with E-state index in [0.29, 0.717) is 0 Å². The number of hydrogen-bond acceptors (Lipinski definition) is 2. The Kier molecular flexibility index (Phi) is 4.46. The smallest absolute Gasteiger partial charge is 0.253 e. The maximum absolute atomic E-state index is 12.6. The van der Waals surface area contributed by atoms with Crippen LogP contribution >= 0.6 is 11.6 Å². The van der Waals surface area contributed by atoms with Crippen LogP contribution in [-0.4, -0.2) is 37.0 Å². The van der Waals surface area contributed by atoms with Crippen LogP contribution in [0.4, 0.5) is 0 Å². The van der Waals surface area contributed by atoms with Crippen molar-refractivity contribution in [1.29, 1.82) is 0 Å². The van der Waals surface area contributed by atoms with E-state index < -0.39 is 0 Å². The van der Waals surface area contributed by atoms with E-state index in [1.807, 2.05) is 66.5 Å².